The summed E-state index contributed by atoms with van der Waals surface area (Å²) in [6, 6.07) is 12.8. The van der Waals surface area contributed by atoms with Gasteiger partial charge in [0.1, 0.15) is 5.82 Å². The zero-order chi connectivity index (χ0) is 16.5. The molecule has 0 atom stereocenters. The Labute approximate surface area is 155 Å². The standard InChI is InChI=1S/C19H20BrN3S/c1-2-22-8-10-23(11-9-22)19-16-7-12-24-18(16)13-17(21-19)14-3-5-15(20)6-4-14/h3-7,12-13H,2,8-11H2,1H3. The van der Waals surface area contributed by atoms with E-state index in [0.29, 0.717) is 0 Å². The SMILES string of the molecule is CCN1CCN(c2nc(-c3ccc(Br)cc3)cc3sccc23)CC1. The molecule has 0 N–H and O–H groups in total. The van der Waals surface area contributed by atoms with Crippen molar-refractivity contribution in [2.45, 2.75) is 6.92 Å². The van der Waals surface area contributed by atoms with Gasteiger partial charge in [0.05, 0.1) is 5.69 Å². The number of rotatable bonds is 3. The minimum absolute atomic E-state index is 1.05. The molecular weight excluding hydrogens is 382 g/mol. The van der Waals surface area contributed by atoms with E-state index >= 15 is 0 Å². The molecular formula is C19H20BrN3S. The number of hydrogen-bond acceptors (Lipinski definition) is 4. The number of nitrogens with zero attached hydrogens (tertiary/aromatic N) is 3. The molecule has 1 saturated heterocycles. The van der Waals surface area contributed by atoms with Crippen molar-refractivity contribution in [1.29, 1.82) is 0 Å². The number of benzene rings is 1. The van der Waals surface area contributed by atoms with Gasteiger partial charge in [-0.25, -0.2) is 4.98 Å². The minimum Gasteiger partial charge on any atom is -0.353 e. The molecule has 0 saturated carbocycles. The van der Waals surface area contributed by atoms with Crippen molar-refractivity contribution in [1.82, 2.24) is 9.88 Å². The monoisotopic (exact) mass is 401 g/mol. The van der Waals surface area contributed by atoms with Gasteiger partial charge in [0.2, 0.25) is 0 Å². The van der Waals surface area contributed by atoms with Crippen LogP contribution < -0.4 is 4.90 Å². The van der Waals surface area contributed by atoms with E-state index in [-0.39, 0.29) is 0 Å². The maximum Gasteiger partial charge on any atom is 0.138 e. The zero-order valence-corrected chi connectivity index (χ0v) is 16.1. The maximum atomic E-state index is 5.05. The molecule has 0 aliphatic carbocycles. The van der Waals surface area contributed by atoms with E-state index in [4.69, 9.17) is 4.98 Å². The molecule has 0 bridgehead atoms. The van der Waals surface area contributed by atoms with Crippen LogP contribution in [0.1, 0.15) is 6.92 Å². The molecule has 0 amide bonds. The molecule has 1 aliphatic rings. The Kier molecular flexibility index (Phi) is 4.57. The zero-order valence-electron chi connectivity index (χ0n) is 13.7. The van der Waals surface area contributed by atoms with Crippen LogP contribution in [0.3, 0.4) is 0 Å². The molecule has 3 heterocycles. The Morgan fingerprint density at radius 1 is 1.08 bits per heavy atom. The fourth-order valence-corrected chi connectivity index (χ4v) is 4.31. The summed E-state index contributed by atoms with van der Waals surface area (Å²) in [6.45, 7) is 7.71. The van der Waals surface area contributed by atoms with Crippen LogP contribution >= 0.6 is 27.3 Å². The molecule has 0 unspecified atom stereocenters. The van der Waals surface area contributed by atoms with Crippen molar-refractivity contribution in [2.24, 2.45) is 0 Å². The van der Waals surface area contributed by atoms with Crippen molar-refractivity contribution in [3.05, 3.63) is 46.3 Å². The third kappa shape index (κ3) is 3.08. The Morgan fingerprint density at radius 2 is 1.83 bits per heavy atom. The van der Waals surface area contributed by atoms with Crippen LogP contribution in [0.2, 0.25) is 0 Å². The number of piperazine rings is 1. The number of fused-ring (bicyclic) bond motifs is 1. The molecule has 3 aromatic rings. The fourth-order valence-electron chi connectivity index (χ4n) is 3.23. The molecule has 1 aromatic carbocycles. The van der Waals surface area contributed by atoms with Crippen LogP contribution in [-0.4, -0.2) is 42.6 Å². The lowest BCUT2D eigenvalue weighted by Crippen LogP contribution is -2.46. The van der Waals surface area contributed by atoms with Gasteiger partial charge in [0, 0.05) is 46.3 Å². The van der Waals surface area contributed by atoms with Crippen molar-refractivity contribution in [2.75, 3.05) is 37.6 Å². The van der Waals surface area contributed by atoms with Crippen LogP contribution in [0.15, 0.2) is 46.3 Å². The van der Waals surface area contributed by atoms with Crippen molar-refractivity contribution in [3.63, 3.8) is 0 Å². The summed E-state index contributed by atoms with van der Waals surface area (Å²) in [5, 5.41) is 3.45. The molecule has 2 aromatic heterocycles. The largest absolute Gasteiger partial charge is 0.353 e. The van der Waals surface area contributed by atoms with Crippen molar-refractivity contribution in [3.8, 4) is 11.3 Å². The lowest BCUT2D eigenvalue weighted by molar-refractivity contribution is 0.271. The van der Waals surface area contributed by atoms with Crippen LogP contribution in [0, 0.1) is 0 Å². The highest BCUT2D eigenvalue weighted by Gasteiger charge is 2.20. The third-order valence-corrected chi connectivity index (χ3v) is 6.08. The third-order valence-electron chi connectivity index (χ3n) is 4.69. The minimum atomic E-state index is 1.05. The van der Waals surface area contributed by atoms with Gasteiger partial charge in [0.25, 0.3) is 0 Å². The van der Waals surface area contributed by atoms with Crippen LogP contribution in [0.5, 0.6) is 0 Å². The summed E-state index contributed by atoms with van der Waals surface area (Å²) >= 11 is 5.31. The topological polar surface area (TPSA) is 19.4 Å². The number of aromatic nitrogens is 1. The molecule has 0 spiro atoms. The van der Waals surface area contributed by atoms with Crippen molar-refractivity contribution < 1.29 is 0 Å². The Balaban J connectivity index is 1.74. The highest BCUT2D eigenvalue weighted by atomic mass is 79.9. The Hall–Kier alpha value is -1.43. The molecule has 1 aliphatic heterocycles. The highest BCUT2D eigenvalue weighted by molar-refractivity contribution is 9.10. The van der Waals surface area contributed by atoms with Gasteiger partial charge in [0.15, 0.2) is 0 Å². The fraction of sp³-hybridized carbons (Fsp3) is 0.316. The summed E-state index contributed by atoms with van der Waals surface area (Å²) in [6.07, 6.45) is 0. The van der Waals surface area contributed by atoms with Crippen LogP contribution in [0.4, 0.5) is 5.82 Å². The van der Waals surface area contributed by atoms with E-state index in [1.165, 1.54) is 15.6 Å². The van der Waals surface area contributed by atoms with Crippen LogP contribution in [-0.2, 0) is 0 Å². The van der Waals surface area contributed by atoms with Gasteiger partial charge in [-0.05, 0) is 36.2 Å². The summed E-state index contributed by atoms with van der Waals surface area (Å²) in [4.78, 5) is 9.99. The molecule has 4 rings (SSSR count). The summed E-state index contributed by atoms with van der Waals surface area (Å²) in [5.74, 6) is 1.14. The number of halogens is 1. The molecule has 1 fully saturated rings. The summed E-state index contributed by atoms with van der Waals surface area (Å²) < 4.78 is 2.41. The molecule has 0 radical (unpaired) electrons. The number of anilines is 1. The smallest absolute Gasteiger partial charge is 0.138 e. The lowest BCUT2D eigenvalue weighted by Gasteiger charge is -2.35. The van der Waals surface area contributed by atoms with Gasteiger partial charge >= 0.3 is 0 Å². The Bertz CT molecular complexity index is 835. The molecule has 3 nitrogen and oxygen atoms in total. The first-order valence-corrected chi connectivity index (χ1v) is 10.0. The van der Waals surface area contributed by atoms with Gasteiger partial charge in [-0.2, -0.15) is 0 Å². The quantitative estimate of drug-likeness (QED) is 0.623. The van der Waals surface area contributed by atoms with E-state index < -0.39 is 0 Å². The predicted molar refractivity (Wildman–Crippen MR) is 107 cm³/mol. The normalized spacial score (nSPS) is 16.0. The van der Waals surface area contributed by atoms with Gasteiger partial charge < -0.3 is 9.80 Å². The predicted octanol–water partition coefficient (Wildman–Crippen LogP) is 4.87. The van der Waals surface area contributed by atoms with Crippen LogP contribution in [0.25, 0.3) is 21.3 Å². The molecule has 5 heteroatoms. The lowest BCUT2D eigenvalue weighted by atomic mass is 10.1. The van der Waals surface area contributed by atoms with E-state index in [1.54, 1.807) is 11.3 Å². The summed E-state index contributed by atoms with van der Waals surface area (Å²) in [5.41, 5.74) is 2.23. The van der Waals surface area contributed by atoms with E-state index in [9.17, 15) is 0 Å². The number of pyridine rings is 1. The second kappa shape index (κ2) is 6.82. The molecule has 124 valence electrons. The number of likely N-dealkylation sites (N-methyl/N-ethyl adjacent to an activating group) is 1. The summed E-state index contributed by atoms with van der Waals surface area (Å²) in [7, 11) is 0. The average Bonchev–Trinajstić information content (AvgIpc) is 3.10. The number of hydrogen-bond donors (Lipinski definition) is 0. The first-order valence-electron chi connectivity index (χ1n) is 8.36. The van der Waals surface area contributed by atoms with Crippen molar-refractivity contribution >= 4 is 43.2 Å². The highest BCUT2D eigenvalue weighted by Crippen LogP contribution is 2.34. The Morgan fingerprint density at radius 3 is 2.54 bits per heavy atom. The second-order valence-electron chi connectivity index (χ2n) is 6.09. The first-order chi connectivity index (χ1) is 11.7. The van der Waals surface area contributed by atoms with E-state index in [2.05, 4.69) is 74.4 Å². The van der Waals surface area contributed by atoms with E-state index in [0.717, 1.165) is 48.7 Å². The van der Waals surface area contributed by atoms with E-state index in [1.807, 2.05) is 0 Å². The second-order valence-corrected chi connectivity index (χ2v) is 7.96. The number of thiophene rings is 1. The average molecular weight is 402 g/mol. The van der Waals surface area contributed by atoms with Gasteiger partial charge in [-0.3, -0.25) is 0 Å². The first kappa shape index (κ1) is 16.1. The molecule has 24 heavy (non-hydrogen) atoms. The maximum absolute atomic E-state index is 5.05. The van der Waals surface area contributed by atoms with Gasteiger partial charge in [-0.1, -0.05) is 35.0 Å². The van der Waals surface area contributed by atoms with Gasteiger partial charge in [-0.15, -0.1) is 11.3 Å².